The van der Waals surface area contributed by atoms with Crippen molar-refractivity contribution in [1.29, 1.82) is 0 Å². The minimum atomic E-state index is 0.781. The van der Waals surface area contributed by atoms with Gasteiger partial charge in [0.1, 0.15) is 0 Å². The Morgan fingerprint density at radius 2 is 2.00 bits per heavy atom. The molecule has 1 aromatic heterocycles. The smallest absolute Gasteiger partial charge is 0.0780 e. The summed E-state index contributed by atoms with van der Waals surface area (Å²) in [5.41, 5.74) is 2.40. The van der Waals surface area contributed by atoms with Crippen molar-refractivity contribution in [1.82, 2.24) is 10.3 Å². The maximum atomic E-state index is 6.12. The summed E-state index contributed by atoms with van der Waals surface area (Å²) >= 11 is 7.86. The number of benzene rings is 2. The van der Waals surface area contributed by atoms with E-state index >= 15 is 0 Å². The minimum Gasteiger partial charge on any atom is -0.349 e. The Bertz CT molecular complexity index is 718. The fourth-order valence-corrected chi connectivity index (χ4v) is 3.44. The first kappa shape index (κ1) is 14.5. The number of para-hydroxylation sites is 1. The van der Waals surface area contributed by atoms with Gasteiger partial charge in [-0.2, -0.15) is 0 Å². The highest BCUT2D eigenvalue weighted by Crippen LogP contribution is 2.33. The molecule has 0 aliphatic heterocycles. The Labute approximate surface area is 133 Å². The van der Waals surface area contributed by atoms with Gasteiger partial charge in [-0.1, -0.05) is 48.5 Å². The van der Waals surface area contributed by atoms with E-state index in [1.807, 2.05) is 18.2 Å². The third kappa shape index (κ3) is 3.43. The molecule has 0 radical (unpaired) electrons. The summed E-state index contributed by atoms with van der Waals surface area (Å²) in [6.07, 6.45) is 0. The number of aromatic amines is 1. The first-order chi connectivity index (χ1) is 10.3. The second kappa shape index (κ2) is 6.56. The van der Waals surface area contributed by atoms with E-state index in [1.54, 1.807) is 11.8 Å². The highest BCUT2D eigenvalue weighted by atomic mass is 35.5. The molecule has 0 amide bonds. The van der Waals surface area contributed by atoms with Gasteiger partial charge in [0.15, 0.2) is 0 Å². The van der Waals surface area contributed by atoms with Gasteiger partial charge in [0.05, 0.1) is 5.03 Å². The molecule has 0 aliphatic rings. The van der Waals surface area contributed by atoms with E-state index in [1.165, 1.54) is 21.4 Å². The number of H-pyrrole nitrogens is 1. The molecule has 2 aromatic carbocycles. The number of aromatic nitrogens is 1. The molecule has 0 saturated carbocycles. The van der Waals surface area contributed by atoms with Gasteiger partial charge in [0.25, 0.3) is 0 Å². The molecule has 2 nitrogen and oxygen atoms in total. The third-order valence-corrected chi connectivity index (χ3v) is 4.61. The fourth-order valence-electron chi connectivity index (χ4n) is 2.27. The van der Waals surface area contributed by atoms with Gasteiger partial charge in [-0.15, -0.1) is 0 Å². The van der Waals surface area contributed by atoms with Crippen molar-refractivity contribution < 1.29 is 0 Å². The van der Waals surface area contributed by atoms with Gasteiger partial charge >= 0.3 is 0 Å². The topological polar surface area (TPSA) is 27.8 Å². The zero-order chi connectivity index (χ0) is 14.7. The molecule has 1 heterocycles. The van der Waals surface area contributed by atoms with Crippen molar-refractivity contribution in [2.45, 2.75) is 23.4 Å². The lowest BCUT2D eigenvalue weighted by Crippen LogP contribution is -2.12. The second-order valence-electron chi connectivity index (χ2n) is 4.86. The lowest BCUT2D eigenvalue weighted by molar-refractivity contribution is 0.718. The van der Waals surface area contributed by atoms with Crippen LogP contribution in [0.15, 0.2) is 58.5 Å². The van der Waals surface area contributed by atoms with Crippen LogP contribution in [0, 0.1) is 0 Å². The van der Waals surface area contributed by atoms with E-state index in [-0.39, 0.29) is 0 Å². The average molecular weight is 317 g/mol. The van der Waals surface area contributed by atoms with Crippen molar-refractivity contribution in [2.24, 2.45) is 0 Å². The Morgan fingerprint density at radius 3 is 2.81 bits per heavy atom. The van der Waals surface area contributed by atoms with Crippen LogP contribution < -0.4 is 5.32 Å². The van der Waals surface area contributed by atoms with E-state index in [9.17, 15) is 0 Å². The summed E-state index contributed by atoms with van der Waals surface area (Å²) in [6, 6.07) is 16.6. The molecular formula is C17H17ClN2S. The molecule has 3 rings (SSSR count). The summed E-state index contributed by atoms with van der Waals surface area (Å²) in [5, 5.41) is 6.53. The van der Waals surface area contributed by atoms with E-state index in [0.29, 0.717) is 0 Å². The summed E-state index contributed by atoms with van der Waals surface area (Å²) in [6.45, 7) is 3.89. The Balaban J connectivity index is 1.89. The zero-order valence-electron chi connectivity index (χ0n) is 11.8. The van der Waals surface area contributed by atoms with Crippen molar-refractivity contribution in [2.75, 3.05) is 6.54 Å². The van der Waals surface area contributed by atoms with Crippen molar-refractivity contribution in [3.05, 3.63) is 59.1 Å². The molecule has 0 unspecified atom stereocenters. The van der Waals surface area contributed by atoms with Gasteiger partial charge < -0.3 is 10.3 Å². The maximum absolute atomic E-state index is 6.12. The molecule has 0 fully saturated rings. The number of hydrogen-bond acceptors (Lipinski definition) is 2. The van der Waals surface area contributed by atoms with Crippen LogP contribution in [0.2, 0.25) is 5.02 Å². The van der Waals surface area contributed by atoms with Gasteiger partial charge in [-0.05, 0) is 42.4 Å². The number of fused-ring (bicyclic) bond motifs is 1. The highest BCUT2D eigenvalue weighted by molar-refractivity contribution is 7.99. The van der Waals surface area contributed by atoms with Crippen LogP contribution in [-0.2, 0) is 6.54 Å². The monoisotopic (exact) mass is 316 g/mol. The first-order valence-electron chi connectivity index (χ1n) is 7.01. The molecule has 0 bridgehead atoms. The Morgan fingerprint density at radius 1 is 1.14 bits per heavy atom. The third-order valence-electron chi connectivity index (χ3n) is 3.31. The van der Waals surface area contributed by atoms with Crippen molar-refractivity contribution >= 4 is 34.3 Å². The lowest BCUT2D eigenvalue weighted by atomic mass is 10.2. The van der Waals surface area contributed by atoms with Crippen LogP contribution in [0.25, 0.3) is 10.9 Å². The predicted molar refractivity (Wildman–Crippen MR) is 91.3 cm³/mol. The largest absolute Gasteiger partial charge is 0.349 e. The van der Waals surface area contributed by atoms with E-state index < -0.39 is 0 Å². The van der Waals surface area contributed by atoms with Crippen molar-refractivity contribution in [3.63, 3.8) is 0 Å². The summed E-state index contributed by atoms with van der Waals surface area (Å²) in [5.74, 6) is 0. The quantitative estimate of drug-likeness (QED) is 0.687. The van der Waals surface area contributed by atoms with Crippen LogP contribution in [0.3, 0.4) is 0 Å². The molecular weight excluding hydrogens is 300 g/mol. The molecule has 108 valence electrons. The summed E-state index contributed by atoms with van der Waals surface area (Å²) < 4.78 is 0. The van der Waals surface area contributed by atoms with Crippen LogP contribution in [0.4, 0.5) is 0 Å². The van der Waals surface area contributed by atoms with Crippen LogP contribution >= 0.6 is 23.4 Å². The summed E-state index contributed by atoms with van der Waals surface area (Å²) in [4.78, 5) is 4.68. The van der Waals surface area contributed by atoms with E-state index in [2.05, 4.69) is 47.6 Å². The molecule has 2 N–H and O–H groups in total. The van der Waals surface area contributed by atoms with Crippen LogP contribution in [0.1, 0.15) is 12.5 Å². The predicted octanol–water partition coefficient (Wildman–Crippen LogP) is 5.08. The van der Waals surface area contributed by atoms with Gasteiger partial charge in [-0.3, -0.25) is 0 Å². The fraction of sp³-hybridized carbons (Fsp3) is 0.176. The van der Waals surface area contributed by atoms with E-state index in [4.69, 9.17) is 11.6 Å². The molecule has 4 heteroatoms. The number of nitrogens with one attached hydrogen (secondary N) is 2. The lowest BCUT2D eigenvalue weighted by Gasteiger charge is -2.09. The summed E-state index contributed by atoms with van der Waals surface area (Å²) in [7, 11) is 0. The van der Waals surface area contributed by atoms with Crippen LogP contribution in [0.5, 0.6) is 0 Å². The second-order valence-corrected chi connectivity index (χ2v) is 6.38. The normalized spacial score (nSPS) is 11.1. The molecule has 21 heavy (non-hydrogen) atoms. The molecule has 0 spiro atoms. The number of rotatable bonds is 5. The molecule has 0 aliphatic carbocycles. The van der Waals surface area contributed by atoms with Crippen LogP contribution in [-0.4, -0.2) is 11.5 Å². The molecule has 0 saturated heterocycles. The van der Waals surface area contributed by atoms with Gasteiger partial charge in [0, 0.05) is 27.4 Å². The highest BCUT2D eigenvalue weighted by Gasteiger charge is 2.07. The zero-order valence-corrected chi connectivity index (χ0v) is 13.4. The van der Waals surface area contributed by atoms with Crippen molar-refractivity contribution in [3.8, 4) is 0 Å². The SMILES string of the molecule is CCNCc1cc(Cl)ccc1Sc1cc2ccccc2[nH]1. The number of halogens is 1. The Kier molecular flexibility index (Phi) is 4.54. The van der Waals surface area contributed by atoms with E-state index in [0.717, 1.165) is 23.1 Å². The minimum absolute atomic E-state index is 0.781. The number of hydrogen-bond donors (Lipinski definition) is 2. The Hall–Kier alpha value is -1.42. The van der Waals surface area contributed by atoms with Gasteiger partial charge in [-0.25, -0.2) is 0 Å². The average Bonchev–Trinajstić information content (AvgIpc) is 2.89. The molecule has 3 aromatic rings. The standard InChI is InChI=1S/C17H17ClN2S/c1-2-19-11-13-9-14(18)7-8-16(13)21-17-10-12-5-3-4-6-15(12)20-17/h3-10,19-20H,2,11H2,1H3. The van der Waals surface area contributed by atoms with Gasteiger partial charge in [0.2, 0.25) is 0 Å². The maximum Gasteiger partial charge on any atom is 0.0780 e. The molecule has 0 atom stereocenters. The first-order valence-corrected chi connectivity index (χ1v) is 8.20.